The van der Waals surface area contributed by atoms with Crippen molar-refractivity contribution in [3.8, 4) is 0 Å². The number of hydrogen-bond donors (Lipinski definition) is 1. The third-order valence-electron chi connectivity index (χ3n) is 2.42. The molecule has 0 fully saturated rings. The summed E-state index contributed by atoms with van der Waals surface area (Å²) in [5.74, 6) is 0. The molecule has 0 bridgehead atoms. The fourth-order valence-corrected chi connectivity index (χ4v) is 2.66. The molecule has 6 heteroatoms. The third kappa shape index (κ3) is 2.80. The van der Waals surface area contributed by atoms with Gasteiger partial charge in [0.1, 0.15) is 5.69 Å². The van der Waals surface area contributed by atoms with Gasteiger partial charge >= 0.3 is 0 Å². The molecular formula is C12H11ClN2O2S. The summed E-state index contributed by atoms with van der Waals surface area (Å²) in [4.78, 5) is 12.8. The van der Waals surface area contributed by atoms with Gasteiger partial charge in [0.25, 0.3) is 5.69 Å². The first-order valence-electron chi connectivity index (χ1n) is 5.30. The van der Waals surface area contributed by atoms with Crippen LogP contribution in [-0.2, 0) is 6.54 Å². The molecule has 1 aromatic heterocycles. The molecule has 0 aliphatic heterocycles. The second kappa shape index (κ2) is 5.37. The first-order chi connectivity index (χ1) is 8.58. The third-order valence-corrected chi connectivity index (χ3v) is 3.74. The molecule has 0 saturated heterocycles. The summed E-state index contributed by atoms with van der Waals surface area (Å²) < 4.78 is 0. The number of benzene rings is 1. The Bertz CT molecular complexity index is 583. The van der Waals surface area contributed by atoms with Crippen LogP contribution in [0.1, 0.15) is 9.75 Å². The molecule has 1 heterocycles. The van der Waals surface area contributed by atoms with Crippen molar-refractivity contribution in [3.05, 3.63) is 55.2 Å². The fourth-order valence-electron chi connectivity index (χ4n) is 1.60. The molecule has 18 heavy (non-hydrogen) atoms. The highest BCUT2D eigenvalue weighted by molar-refractivity contribution is 7.11. The summed E-state index contributed by atoms with van der Waals surface area (Å²) in [5.41, 5.74) is 0.367. The Morgan fingerprint density at radius 3 is 2.78 bits per heavy atom. The molecule has 0 spiro atoms. The summed E-state index contributed by atoms with van der Waals surface area (Å²) in [7, 11) is 0. The van der Waals surface area contributed by atoms with Gasteiger partial charge in [-0.05, 0) is 25.1 Å². The second-order valence-electron chi connectivity index (χ2n) is 3.76. The van der Waals surface area contributed by atoms with Crippen molar-refractivity contribution in [1.82, 2.24) is 0 Å². The van der Waals surface area contributed by atoms with Crippen LogP contribution < -0.4 is 5.32 Å². The van der Waals surface area contributed by atoms with E-state index in [9.17, 15) is 10.1 Å². The van der Waals surface area contributed by atoms with E-state index < -0.39 is 4.92 Å². The Morgan fingerprint density at radius 1 is 1.39 bits per heavy atom. The van der Waals surface area contributed by atoms with Crippen LogP contribution in [0.5, 0.6) is 0 Å². The summed E-state index contributed by atoms with van der Waals surface area (Å²) >= 11 is 7.63. The lowest BCUT2D eigenvalue weighted by Gasteiger charge is -2.07. The standard InChI is InChI=1S/C12H11ClN2O2S/c1-8-5-6-9(18-8)7-14-12-10(13)3-2-4-11(12)15(16)17/h2-6,14H,7H2,1H3. The number of halogens is 1. The van der Waals surface area contributed by atoms with Crippen LogP contribution in [0.4, 0.5) is 11.4 Å². The van der Waals surface area contributed by atoms with Crippen molar-refractivity contribution in [1.29, 1.82) is 0 Å². The molecule has 0 aliphatic rings. The van der Waals surface area contributed by atoms with Gasteiger partial charge in [-0.25, -0.2) is 0 Å². The van der Waals surface area contributed by atoms with Crippen LogP contribution in [0.15, 0.2) is 30.3 Å². The maximum atomic E-state index is 10.9. The Hall–Kier alpha value is -1.59. The van der Waals surface area contributed by atoms with Gasteiger partial charge in [-0.15, -0.1) is 11.3 Å². The number of aryl methyl sites for hydroxylation is 1. The van der Waals surface area contributed by atoms with Crippen molar-refractivity contribution < 1.29 is 4.92 Å². The minimum Gasteiger partial charge on any atom is -0.373 e. The zero-order chi connectivity index (χ0) is 13.1. The maximum absolute atomic E-state index is 10.9. The number of nitrogens with one attached hydrogen (secondary N) is 1. The molecule has 0 amide bonds. The lowest BCUT2D eigenvalue weighted by molar-refractivity contribution is -0.383. The number of thiophene rings is 1. The minimum atomic E-state index is -0.437. The summed E-state index contributed by atoms with van der Waals surface area (Å²) in [5, 5.41) is 14.3. The maximum Gasteiger partial charge on any atom is 0.293 e. The zero-order valence-corrected chi connectivity index (χ0v) is 11.2. The molecule has 0 saturated carbocycles. The number of nitro benzene ring substituents is 1. The largest absolute Gasteiger partial charge is 0.373 e. The monoisotopic (exact) mass is 282 g/mol. The lowest BCUT2D eigenvalue weighted by Crippen LogP contribution is -2.02. The topological polar surface area (TPSA) is 55.2 Å². The van der Waals surface area contributed by atoms with Gasteiger partial charge in [0.15, 0.2) is 0 Å². The lowest BCUT2D eigenvalue weighted by atomic mass is 10.2. The predicted molar refractivity (Wildman–Crippen MR) is 74.5 cm³/mol. The molecule has 0 aliphatic carbocycles. The number of nitrogens with zero attached hydrogens (tertiary/aromatic N) is 1. The van der Waals surface area contributed by atoms with E-state index in [-0.39, 0.29) is 5.69 Å². The summed E-state index contributed by atoms with van der Waals surface area (Å²) in [6.45, 7) is 2.55. The second-order valence-corrected chi connectivity index (χ2v) is 5.54. The fraction of sp³-hybridized carbons (Fsp3) is 0.167. The quantitative estimate of drug-likeness (QED) is 0.674. The molecule has 94 valence electrons. The molecule has 1 N–H and O–H groups in total. The van der Waals surface area contributed by atoms with Crippen molar-refractivity contribution in [3.63, 3.8) is 0 Å². The minimum absolute atomic E-state index is 0.00391. The van der Waals surface area contributed by atoms with Crippen molar-refractivity contribution >= 4 is 34.3 Å². The molecule has 2 aromatic rings. The van der Waals surface area contributed by atoms with Crippen molar-refractivity contribution in [2.75, 3.05) is 5.32 Å². The van der Waals surface area contributed by atoms with E-state index in [1.165, 1.54) is 10.9 Å². The van der Waals surface area contributed by atoms with Gasteiger partial charge in [-0.3, -0.25) is 10.1 Å². The Labute approximate surface area is 113 Å². The zero-order valence-electron chi connectivity index (χ0n) is 9.64. The van der Waals surface area contributed by atoms with Crippen molar-refractivity contribution in [2.24, 2.45) is 0 Å². The van der Waals surface area contributed by atoms with E-state index in [2.05, 4.69) is 5.32 Å². The van der Waals surface area contributed by atoms with Gasteiger partial charge in [-0.2, -0.15) is 0 Å². The molecule has 4 nitrogen and oxygen atoms in total. The Kier molecular flexibility index (Phi) is 3.84. The molecule has 1 aromatic carbocycles. The normalized spacial score (nSPS) is 10.3. The molecule has 2 rings (SSSR count). The van der Waals surface area contributed by atoms with Crippen LogP contribution in [0, 0.1) is 17.0 Å². The van der Waals surface area contributed by atoms with Crippen LogP contribution in [-0.4, -0.2) is 4.92 Å². The number of rotatable bonds is 4. The summed E-state index contributed by atoms with van der Waals surface area (Å²) in [6, 6.07) is 8.66. The van der Waals surface area contributed by atoms with Crippen molar-refractivity contribution in [2.45, 2.75) is 13.5 Å². The predicted octanol–water partition coefficient (Wildman–Crippen LogP) is 4.23. The van der Waals surface area contributed by atoms with Crippen LogP contribution in [0.2, 0.25) is 5.02 Å². The van der Waals surface area contributed by atoms with E-state index in [0.29, 0.717) is 17.3 Å². The van der Waals surface area contributed by atoms with Crippen LogP contribution in [0.3, 0.4) is 0 Å². The molecule has 0 unspecified atom stereocenters. The average molecular weight is 283 g/mol. The highest BCUT2D eigenvalue weighted by Crippen LogP contribution is 2.32. The highest BCUT2D eigenvalue weighted by atomic mass is 35.5. The summed E-state index contributed by atoms with van der Waals surface area (Å²) in [6.07, 6.45) is 0. The molecule has 0 atom stereocenters. The first kappa shape index (κ1) is 12.9. The van der Waals surface area contributed by atoms with Gasteiger partial charge in [0.2, 0.25) is 0 Å². The Morgan fingerprint density at radius 2 is 2.17 bits per heavy atom. The number of nitro groups is 1. The van der Waals surface area contributed by atoms with E-state index in [1.54, 1.807) is 23.5 Å². The average Bonchev–Trinajstić information content (AvgIpc) is 2.73. The highest BCUT2D eigenvalue weighted by Gasteiger charge is 2.16. The SMILES string of the molecule is Cc1ccc(CNc2c(Cl)cccc2[N+](=O)[O-])s1. The van der Waals surface area contributed by atoms with Gasteiger partial charge in [0.05, 0.1) is 9.95 Å². The Balaban J connectivity index is 2.20. The van der Waals surface area contributed by atoms with Gasteiger partial charge in [-0.1, -0.05) is 17.7 Å². The molecular weight excluding hydrogens is 272 g/mol. The number of hydrogen-bond acceptors (Lipinski definition) is 4. The van der Waals surface area contributed by atoms with Crippen LogP contribution in [0.25, 0.3) is 0 Å². The molecule has 0 radical (unpaired) electrons. The van der Waals surface area contributed by atoms with Gasteiger partial charge < -0.3 is 5.32 Å². The number of anilines is 1. The number of para-hydroxylation sites is 1. The van der Waals surface area contributed by atoms with Crippen LogP contribution >= 0.6 is 22.9 Å². The smallest absolute Gasteiger partial charge is 0.293 e. The van der Waals surface area contributed by atoms with E-state index in [4.69, 9.17) is 11.6 Å². The van der Waals surface area contributed by atoms with E-state index in [1.807, 2.05) is 19.1 Å². The van der Waals surface area contributed by atoms with E-state index in [0.717, 1.165) is 4.88 Å². The van der Waals surface area contributed by atoms with E-state index >= 15 is 0 Å². The van der Waals surface area contributed by atoms with Gasteiger partial charge in [0, 0.05) is 22.4 Å². The first-order valence-corrected chi connectivity index (χ1v) is 6.49.